The van der Waals surface area contributed by atoms with Crippen LogP contribution < -0.4 is 0 Å². The molecule has 0 amide bonds. The van der Waals surface area contributed by atoms with Gasteiger partial charge in [0.1, 0.15) is 11.9 Å². The van der Waals surface area contributed by atoms with E-state index in [0.29, 0.717) is 17.4 Å². The first kappa shape index (κ1) is 14.4. The van der Waals surface area contributed by atoms with Crippen molar-refractivity contribution >= 4 is 18.6 Å². The zero-order valence-corrected chi connectivity index (χ0v) is 12.1. The summed E-state index contributed by atoms with van der Waals surface area (Å²) < 4.78 is 18.6. The molecule has 2 rings (SSSR count). The van der Waals surface area contributed by atoms with Gasteiger partial charge in [-0.3, -0.25) is 0 Å². The van der Waals surface area contributed by atoms with Crippen LogP contribution in [-0.2, 0) is 4.74 Å². The maximum absolute atomic E-state index is 13.1. The third-order valence-electron chi connectivity index (χ3n) is 4.01. The second kappa shape index (κ2) is 5.95. The fourth-order valence-corrected chi connectivity index (χ4v) is 2.68. The lowest BCUT2D eigenvalue weighted by molar-refractivity contribution is 0.00875. The second-order valence-electron chi connectivity index (χ2n) is 5.46. The Labute approximate surface area is 118 Å². The molecular formula is C15H19FO2S. The molecule has 0 saturated heterocycles. The maximum Gasteiger partial charge on any atom is 0.338 e. The highest BCUT2D eigenvalue weighted by atomic mass is 32.1. The lowest BCUT2D eigenvalue weighted by Gasteiger charge is -2.31. The summed E-state index contributed by atoms with van der Waals surface area (Å²) in [6, 6.07) is 4.09. The second-order valence-corrected chi connectivity index (χ2v) is 5.94. The van der Waals surface area contributed by atoms with Crippen LogP contribution in [-0.4, -0.2) is 12.1 Å². The molecule has 0 radical (unpaired) electrons. The molecule has 0 heterocycles. The van der Waals surface area contributed by atoms with Gasteiger partial charge >= 0.3 is 5.97 Å². The number of rotatable bonds is 2. The molecule has 0 aromatic heterocycles. The number of ether oxygens (including phenoxy) is 1. The van der Waals surface area contributed by atoms with Crippen molar-refractivity contribution in [3.63, 3.8) is 0 Å². The fraction of sp³-hybridized carbons (Fsp3) is 0.533. The first-order chi connectivity index (χ1) is 8.97. The van der Waals surface area contributed by atoms with Crippen LogP contribution in [0, 0.1) is 17.7 Å². The average molecular weight is 282 g/mol. The minimum absolute atomic E-state index is 0.0212. The van der Waals surface area contributed by atoms with Gasteiger partial charge < -0.3 is 4.74 Å². The Balaban J connectivity index is 1.99. The smallest absolute Gasteiger partial charge is 0.338 e. The molecule has 0 spiro atoms. The molecule has 1 aromatic carbocycles. The summed E-state index contributed by atoms with van der Waals surface area (Å²) >= 11 is 3.97. The molecule has 0 aliphatic heterocycles. The molecule has 0 N–H and O–H groups in total. The fourth-order valence-electron chi connectivity index (χ4n) is 2.46. The van der Waals surface area contributed by atoms with Crippen LogP contribution in [0.3, 0.4) is 0 Å². The number of hydrogen-bond acceptors (Lipinski definition) is 3. The topological polar surface area (TPSA) is 26.3 Å². The highest BCUT2D eigenvalue weighted by Crippen LogP contribution is 2.31. The third kappa shape index (κ3) is 3.50. The summed E-state index contributed by atoms with van der Waals surface area (Å²) in [4.78, 5) is 12.2. The lowest BCUT2D eigenvalue weighted by Crippen LogP contribution is -2.28. The van der Waals surface area contributed by atoms with Gasteiger partial charge in [-0.25, -0.2) is 9.18 Å². The number of halogens is 1. The highest BCUT2D eigenvalue weighted by molar-refractivity contribution is 7.80. The van der Waals surface area contributed by atoms with Crippen LogP contribution in [0.1, 0.15) is 43.5 Å². The number of carbonyl (C=O) groups is 1. The average Bonchev–Trinajstić information content (AvgIpc) is 2.37. The summed E-state index contributed by atoms with van der Waals surface area (Å²) in [5.74, 6) is 0.437. The number of thiol groups is 1. The largest absolute Gasteiger partial charge is 0.459 e. The van der Waals surface area contributed by atoms with Gasteiger partial charge in [0.25, 0.3) is 0 Å². The Morgan fingerprint density at radius 2 is 2.05 bits per heavy atom. The van der Waals surface area contributed by atoms with Crippen LogP contribution in [0.5, 0.6) is 0 Å². The van der Waals surface area contributed by atoms with E-state index in [9.17, 15) is 9.18 Å². The minimum Gasteiger partial charge on any atom is -0.459 e. The predicted molar refractivity (Wildman–Crippen MR) is 75.0 cm³/mol. The number of carbonyl (C=O) groups excluding carboxylic acids is 1. The van der Waals surface area contributed by atoms with E-state index in [0.717, 1.165) is 19.3 Å². The van der Waals surface area contributed by atoms with Crippen LogP contribution >= 0.6 is 12.6 Å². The summed E-state index contributed by atoms with van der Waals surface area (Å²) in [7, 11) is 0. The Hall–Kier alpha value is -1.03. The summed E-state index contributed by atoms with van der Waals surface area (Å²) in [6.07, 6.45) is 2.88. The van der Waals surface area contributed by atoms with E-state index in [1.165, 1.54) is 18.2 Å². The van der Waals surface area contributed by atoms with E-state index >= 15 is 0 Å². The molecule has 1 fully saturated rings. The molecule has 0 bridgehead atoms. The summed E-state index contributed by atoms with van der Waals surface area (Å²) in [6.45, 7) is 4.42. The van der Waals surface area contributed by atoms with Gasteiger partial charge in [0.15, 0.2) is 0 Å². The van der Waals surface area contributed by atoms with Crippen molar-refractivity contribution in [1.82, 2.24) is 0 Å². The van der Waals surface area contributed by atoms with Crippen molar-refractivity contribution in [2.24, 2.45) is 11.8 Å². The van der Waals surface area contributed by atoms with Gasteiger partial charge in [0.2, 0.25) is 0 Å². The number of benzene rings is 1. The normalized spacial score (nSPS) is 27.1. The third-order valence-corrected chi connectivity index (χ3v) is 4.35. The SMILES string of the molecule is CC1CCC(OC(=O)c2ccc(F)c(S)c2)CC1C. The van der Waals surface area contributed by atoms with Crippen LogP contribution in [0.25, 0.3) is 0 Å². The van der Waals surface area contributed by atoms with Crippen LogP contribution in [0.4, 0.5) is 4.39 Å². The van der Waals surface area contributed by atoms with Crippen molar-refractivity contribution in [2.45, 2.75) is 44.1 Å². The predicted octanol–water partition coefficient (Wildman–Crippen LogP) is 4.10. The molecule has 3 atom stereocenters. The van der Waals surface area contributed by atoms with Gasteiger partial charge in [-0.05, 0) is 49.3 Å². The Morgan fingerprint density at radius 1 is 1.32 bits per heavy atom. The molecule has 1 aliphatic carbocycles. The van der Waals surface area contributed by atoms with Gasteiger partial charge in [-0.1, -0.05) is 13.8 Å². The molecule has 2 nitrogen and oxygen atoms in total. The quantitative estimate of drug-likeness (QED) is 0.653. The molecule has 1 aliphatic rings. The zero-order chi connectivity index (χ0) is 14.0. The summed E-state index contributed by atoms with van der Waals surface area (Å²) in [5.41, 5.74) is 0.359. The minimum atomic E-state index is -0.431. The van der Waals surface area contributed by atoms with Crippen LogP contribution in [0.15, 0.2) is 23.1 Å². The Morgan fingerprint density at radius 3 is 2.68 bits per heavy atom. The van der Waals surface area contributed by atoms with Crippen molar-refractivity contribution in [3.05, 3.63) is 29.6 Å². The van der Waals surface area contributed by atoms with Crippen molar-refractivity contribution in [3.8, 4) is 0 Å². The van der Waals surface area contributed by atoms with E-state index in [4.69, 9.17) is 4.74 Å². The van der Waals surface area contributed by atoms with Crippen molar-refractivity contribution in [1.29, 1.82) is 0 Å². The van der Waals surface area contributed by atoms with E-state index in [1.807, 2.05) is 0 Å². The molecule has 1 aromatic rings. The van der Waals surface area contributed by atoms with E-state index in [2.05, 4.69) is 26.5 Å². The van der Waals surface area contributed by atoms with Gasteiger partial charge in [0, 0.05) is 4.90 Å². The Kier molecular flexibility index (Phi) is 4.50. The maximum atomic E-state index is 13.1. The first-order valence-corrected chi connectivity index (χ1v) is 7.11. The van der Waals surface area contributed by atoms with E-state index in [1.54, 1.807) is 0 Å². The molecule has 3 unspecified atom stereocenters. The molecule has 104 valence electrons. The lowest BCUT2D eigenvalue weighted by atomic mass is 9.80. The monoisotopic (exact) mass is 282 g/mol. The number of hydrogen-bond donors (Lipinski definition) is 1. The van der Waals surface area contributed by atoms with Crippen molar-refractivity contribution in [2.75, 3.05) is 0 Å². The summed E-state index contributed by atoms with van der Waals surface area (Å²) in [5, 5.41) is 0. The molecule has 1 saturated carbocycles. The van der Waals surface area contributed by atoms with Crippen molar-refractivity contribution < 1.29 is 13.9 Å². The standard InChI is InChI=1S/C15H19FO2S/c1-9-3-5-12(7-10(9)2)18-15(17)11-4-6-13(16)14(19)8-11/h4,6,8-10,12,19H,3,5,7H2,1-2H3. The molecular weight excluding hydrogens is 263 g/mol. The molecule has 4 heteroatoms. The first-order valence-electron chi connectivity index (χ1n) is 6.67. The van der Waals surface area contributed by atoms with Gasteiger partial charge in [-0.2, -0.15) is 0 Å². The number of esters is 1. The van der Waals surface area contributed by atoms with E-state index in [-0.39, 0.29) is 17.0 Å². The molecule has 19 heavy (non-hydrogen) atoms. The Bertz CT molecular complexity index is 475. The van der Waals surface area contributed by atoms with Gasteiger partial charge in [-0.15, -0.1) is 12.6 Å². The zero-order valence-electron chi connectivity index (χ0n) is 11.2. The van der Waals surface area contributed by atoms with Crippen LogP contribution in [0.2, 0.25) is 0 Å². The van der Waals surface area contributed by atoms with Gasteiger partial charge in [0.05, 0.1) is 5.56 Å². The van der Waals surface area contributed by atoms with E-state index < -0.39 is 5.82 Å². The highest BCUT2D eigenvalue weighted by Gasteiger charge is 2.27.